The first-order valence-corrected chi connectivity index (χ1v) is 16.9. The van der Waals surface area contributed by atoms with Gasteiger partial charge in [0.25, 0.3) is 0 Å². The number of aliphatic hydroxyl groups is 1. The molecule has 1 saturated heterocycles. The summed E-state index contributed by atoms with van der Waals surface area (Å²) in [6, 6.07) is 23.3. The number of carbonyl (C=O) groups excluding carboxylic acids is 2. The van der Waals surface area contributed by atoms with Gasteiger partial charge in [-0.2, -0.15) is 0 Å². The molecule has 1 aromatic heterocycles. The highest BCUT2D eigenvalue weighted by molar-refractivity contribution is 8.01. The average Bonchev–Trinajstić information content (AvgIpc) is 3.51. The van der Waals surface area contributed by atoms with E-state index < -0.39 is 18.3 Å². The third-order valence-corrected chi connectivity index (χ3v) is 9.71. The van der Waals surface area contributed by atoms with E-state index in [9.17, 15) is 14.7 Å². The van der Waals surface area contributed by atoms with Gasteiger partial charge in [0.15, 0.2) is 10.6 Å². The molecule has 4 aromatic rings. The second-order valence-electron chi connectivity index (χ2n) is 10.8. The van der Waals surface area contributed by atoms with Crippen LogP contribution >= 0.6 is 23.1 Å². The molecule has 0 radical (unpaired) electrons. The van der Waals surface area contributed by atoms with Crippen molar-refractivity contribution in [1.29, 1.82) is 0 Å². The Hall–Kier alpha value is -3.81. The Morgan fingerprint density at radius 1 is 0.978 bits per heavy atom. The molecule has 10 nitrogen and oxygen atoms in total. The highest BCUT2D eigenvalue weighted by atomic mass is 32.2. The summed E-state index contributed by atoms with van der Waals surface area (Å²) in [6.45, 7) is 6.14. The Labute approximate surface area is 276 Å². The van der Waals surface area contributed by atoms with Crippen LogP contribution in [-0.4, -0.2) is 52.3 Å². The zero-order chi connectivity index (χ0) is 32.5. The van der Waals surface area contributed by atoms with Crippen LogP contribution in [0.4, 0.5) is 4.79 Å². The quantitative estimate of drug-likeness (QED) is 0.124. The molecule has 0 aliphatic carbocycles. The first-order chi connectivity index (χ1) is 22.3. The van der Waals surface area contributed by atoms with Gasteiger partial charge in [0.05, 0.1) is 25.4 Å². The molecular weight excluding hydrogens is 625 g/mol. The Kier molecular flexibility index (Phi) is 11.8. The van der Waals surface area contributed by atoms with Crippen LogP contribution in [0.5, 0.6) is 0 Å². The van der Waals surface area contributed by atoms with Crippen molar-refractivity contribution in [3.8, 4) is 11.1 Å². The van der Waals surface area contributed by atoms with Gasteiger partial charge in [0, 0.05) is 23.8 Å². The maximum absolute atomic E-state index is 12.3. The van der Waals surface area contributed by atoms with E-state index in [0.29, 0.717) is 5.75 Å². The largest absolute Gasteiger partial charge is 0.465 e. The predicted molar refractivity (Wildman–Crippen MR) is 177 cm³/mol. The van der Waals surface area contributed by atoms with Gasteiger partial charge < -0.3 is 30.0 Å². The number of esters is 1. The molecule has 0 unspecified atom stereocenters. The number of urea groups is 1. The van der Waals surface area contributed by atoms with Gasteiger partial charge in [0.2, 0.25) is 0 Å². The normalized spacial score (nSPS) is 19.4. The van der Waals surface area contributed by atoms with Gasteiger partial charge in [-0.05, 0) is 41.7 Å². The monoisotopic (exact) mass is 662 g/mol. The fourth-order valence-electron chi connectivity index (χ4n) is 5.18. The smallest absolute Gasteiger partial charge is 0.325 e. The minimum Gasteiger partial charge on any atom is -0.465 e. The Morgan fingerprint density at radius 2 is 1.72 bits per heavy atom. The third kappa shape index (κ3) is 8.71. The molecule has 3 aromatic carbocycles. The van der Waals surface area contributed by atoms with E-state index in [1.54, 1.807) is 30.0 Å². The zero-order valence-corrected chi connectivity index (χ0v) is 27.6. The summed E-state index contributed by atoms with van der Waals surface area (Å²) in [6.07, 6.45) is -0.916. The lowest BCUT2D eigenvalue weighted by molar-refractivity contribution is -0.268. The van der Waals surface area contributed by atoms with E-state index in [2.05, 4.69) is 27.8 Å². The lowest BCUT2D eigenvalue weighted by atomic mass is 9.91. The molecule has 1 fully saturated rings. The molecule has 46 heavy (non-hydrogen) atoms. The summed E-state index contributed by atoms with van der Waals surface area (Å²) in [5, 5.41) is 24.2. The van der Waals surface area contributed by atoms with Crippen LogP contribution in [0.15, 0.2) is 77.1 Å². The van der Waals surface area contributed by atoms with Gasteiger partial charge in [-0.15, -0.1) is 10.2 Å². The second-order valence-corrected chi connectivity index (χ2v) is 13.3. The van der Waals surface area contributed by atoms with Crippen LogP contribution in [0.1, 0.15) is 53.5 Å². The maximum atomic E-state index is 12.3. The van der Waals surface area contributed by atoms with Crippen LogP contribution in [-0.2, 0) is 32.2 Å². The van der Waals surface area contributed by atoms with E-state index in [0.717, 1.165) is 42.7 Å². The predicted octanol–water partition coefficient (Wildman–Crippen LogP) is 5.95. The number of rotatable bonds is 12. The van der Waals surface area contributed by atoms with Crippen LogP contribution in [0.3, 0.4) is 0 Å². The van der Waals surface area contributed by atoms with E-state index in [-0.39, 0.29) is 44.4 Å². The fourth-order valence-corrected chi connectivity index (χ4v) is 7.18. The van der Waals surface area contributed by atoms with E-state index in [1.165, 1.54) is 0 Å². The molecule has 0 saturated carbocycles. The minimum atomic E-state index is -0.588. The summed E-state index contributed by atoms with van der Waals surface area (Å²) in [5.41, 5.74) is 5.65. The first kappa shape index (κ1) is 33.6. The van der Waals surface area contributed by atoms with Gasteiger partial charge in [0.1, 0.15) is 11.6 Å². The number of aromatic nitrogens is 2. The van der Waals surface area contributed by atoms with Crippen molar-refractivity contribution in [1.82, 2.24) is 20.8 Å². The molecule has 1 aliphatic heterocycles. The van der Waals surface area contributed by atoms with Crippen LogP contribution < -0.4 is 10.6 Å². The molecule has 2 amide bonds. The number of amides is 2. The number of thioether (sulfide) groups is 1. The highest BCUT2D eigenvalue weighted by Gasteiger charge is 2.38. The number of benzene rings is 3. The number of carbonyl (C=O) groups is 2. The molecule has 12 heteroatoms. The lowest BCUT2D eigenvalue weighted by Crippen LogP contribution is -2.38. The molecule has 5 rings (SSSR count). The molecule has 1 aliphatic rings. The zero-order valence-electron chi connectivity index (χ0n) is 26.0. The molecule has 2 heterocycles. The minimum absolute atomic E-state index is 0.0121. The molecule has 4 atom stereocenters. The summed E-state index contributed by atoms with van der Waals surface area (Å²) < 4.78 is 19.0. The number of hydrogen-bond donors (Lipinski definition) is 3. The summed E-state index contributed by atoms with van der Waals surface area (Å²) >= 11 is 3.21. The van der Waals surface area contributed by atoms with Gasteiger partial charge >= 0.3 is 12.0 Å². The Balaban J connectivity index is 1.31. The van der Waals surface area contributed by atoms with Crippen molar-refractivity contribution in [2.75, 3.05) is 18.9 Å². The number of nitrogens with one attached hydrogen (secondary N) is 2. The molecular formula is C34H38N4O6S2. The van der Waals surface area contributed by atoms with E-state index in [1.807, 2.05) is 79.7 Å². The summed E-state index contributed by atoms with van der Waals surface area (Å²) in [4.78, 5) is 23.8. The number of aliphatic hydroxyl groups excluding tert-OH is 1. The first-order valence-electron chi connectivity index (χ1n) is 15.1. The Bertz CT molecular complexity index is 1600. The van der Waals surface area contributed by atoms with Gasteiger partial charge in [-0.25, -0.2) is 4.79 Å². The average molecular weight is 663 g/mol. The molecule has 242 valence electrons. The highest BCUT2D eigenvalue weighted by Crippen LogP contribution is 2.43. The van der Waals surface area contributed by atoms with Crippen molar-refractivity contribution in [3.63, 3.8) is 0 Å². The molecule has 0 spiro atoms. The Morgan fingerprint density at radius 3 is 2.41 bits per heavy atom. The van der Waals surface area contributed by atoms with Crippen molar-refractivity contribution in [3.05, 3.63) is 100 Å². The number of ether oxygens (including phenoxy) is 3. The summed E-state index contributed by atoms with van der Waals surface area (Å²) in [5.74, 6) is 0.277. The van der Waals surface area contributed by atoms with Gasteiger partial charge in [-0.1, -0.05) is 103 Å². The summed E-state index contributed by atoms with van der Waals surface area (Å²) in [7, 11) is 0. The van der Waals surface area contributed by atoms with Crippen molar-refractivity contribution in [2.45, 2.75) is 56.8 Å². The number of nitrogens with zero attached hydrogens (tertiary/aromatic N) is 2. The van der Waals surface area contributed by atoms with E-state index >= 15 is 0 Å². The number of hydrogen-bond acceptors (Lipinski definition) is 10. The van der Waals surface area contributed by atoms with E-state index in [4.69, 9.17) is 14.2 Å². The maximum Gasteiger partial charge on any atom is 0.325 e. The van der Waals surface area contributed by atoms with Gasteiger partial charge in [-0.3, -0.25) is 4.79 Å². The van der Waals surface area contributed by atoms with Crippen molar-refractivity contribution in [2.24, 2.45) is 5.92 Å². The second kappa shape index (κ2) is 16.1. The van der Waals surface area contributed by atoms with Crippen LogP contribution in [0.25, 0.3) is 11.1 Å². The molecule has 0 bridgehead atoms. The SMILES string of the molecule is CCOC(=O)CNC(=O)NCc1ccccc1-c1ccc([C@@H]2O[C@H](CSc3nnc(C)s3)[C@H](C)[C@H](c3ccc(CO)cc3)O2)cc1. The van der Waals surface area contributed by atoms with Crippen molar-refractivity contribution >= 4 is 35.1 Å². The third-order valence-electron chi connectivity index (χ3n) is 7.65. The fraction of sp³-hybridized carbons (Fsp3) is 0.353. The standard InChI is InChI=1S/C34H38N4O6S2/c1-4-42-30(40)18-36-33(41)35-17-27-7-5-6-8-28(27)24-13-15-26(16-14-24)32-43-29(20-45-34-38-37-22(3)46-34)21(2)31(44-32)25-11-9-23(19-39)10-12-25/h5-16,21,29,31-32,39H,4,17-20H2,1-3H3,(H2,35,36,41)/t21-,29+,31+,32+/m0/s1. The number of aryl methyl sites for hydroxylation is 1. The van der Waals surface area contributed by atoms with Crippen LogP contribution in [0, 0.1) is 12.8 Å². The molecule has 3 N–H and O–H groups in total. The van der Waals surface area contributed by atoms with Crippen molar-refractivity contribution < 1.29 is 28.9 Å². The van der Waals surface area contributed by atoms with Crippen LogP contribution in [0.2, 0.25) is 0 Å². The topological polar surface area (TPSA) is 132 Å². The lowest BCUT2D eigenvalue weighted by Gasteiger charge is -2.41.